The molecule has 2 fully saturated rings. The number of nitrogens with one attached hydrogen (secondary N) is 1. The first-order chi connectivity index (χ1) is 16.0. The number of hydrogen-bond donors (Lipinski definition) is 1. The third-order valence-electron chi connectivity index (χ3n) is 7.61. The molecule has 2 aromatic rings. The Morgan fingerprint density at radius 2 is 1.76 bits per heavy atom. The fourth-order valence-electron chi connectivity index (χ4n) is 5.39. The number of fused-ring (bicyclic) bond motifs is 1. The van der Waals surface area contributed by atoms with Gasteiger partial charge >= 0.3 is 0 Å². The summed E-state index contributed by atoms with van der Waals surface area (Å²) in [5.41, 5.74) is 4.37. The first kappa shape index (κ1) is 24.7. The molecular formula is C26H37ClN6O. The second-order valence-electron chi connectivity index (χ2n) is 10.0. The van der Waals surface area contributed by atoms with Crippen molar-refractivity contribution in [3.05, 3.63) is 46.9 Å². The Morgan fingerprint density at radius 3 is 2.47 bits per heavy atom. The van der Waals surface area contributed by atoms with Gasteiger partial charge in [-0.15, -0.1) is 12.4 Å². The number of likely N-dealkylation sites (N-methyl/N-ethyl adjacent to an activating group) is 1. The van der Waals surface area contributed by atoms with Crippen molar-refractivity contribution in [1.82, 2.24) is 19.8 Å². The van der Waals surface area contributed by atoms with Crippen LogP contribution in [0.5, 0.6) is 0 Å². The van der Waals surface area contributed by atoms with E-state index in [9.17, 15) is 4.79 Å². The monoisotopic (exact) mass is 484 g/mol. The molecular weight excluding hydrogens is 448 g/mol. The van der Waals surface area contributed by atoms with E-state index < -0.39 is 0 Å². The summed E-state index contributed by atoms with van der Waals surface area (Å²) in [5.74, 6) is 2.94. The Kier molecular flexibility index (Phi) is 7.63. The Morgan fingerprint density at radius 1 is 1.03 bits per heavy atom. The lowest BCUT2D eigenvalue weighted by atomic mass is 9.98. The predicted octanol–water partition coefficient (Wildman–Crippen LogP) is 3.79. The normalized spacial score (nSPS) is 21.2. The Labute approximate surface area is 209 Å². The second-order valence-corrected chi connectivity index (χ2v) is 10.0. The van der Waals surface area contributed by atoms with E-state index in [4.69, 9.17) is 9.97 Å². The van der Waals surface area contributed by atoms with E-state index >= 15 is 0 Å². The van der Waals surface area contributed by atoms with Gasteiger partial charge in [0.15, 0.2) is 0 Å². The minimum Gasteiger partial charge on any atom is -0.373 e. The van der Waals surface area contributed by atoms with Crippen molar-refractivity contribution in [2.24, 2.45) is 5.92 Å². The van der Waals surface area contributed by atoms with E-state index in [1.165, 1.54) is 24.1 Å². The SMILES string of the molecule is CNc1nc(C2CCN(C(=O)c3ccc(N4CCC(C)CC4)cc3)C2)nc2c1CCN(C)C2.Cl. The average molecular weight is 485 g/mol. The first-order valence-electron chi connectivity index (χ1n) is 12.4. The molecule has 34 heavy (non-hydrogen) atoms. The number of anilines is 2. The summed E-state index contributed by atoms with van der Waals surface area (Å²) in [6.45, 7) is 7.87. The second kappa shape index (κ2) is 10.5. The number of nitrogens with zero attached hydrogens (tertiary/aromatic N) is 5. The van der Waals surface area contributed by atoms with Gasteiger partial charge in [-0.25, -0.2) is 9.97 Å². The number of piperidine rings is 1. The molecule has 4 heterocycles. The predicted molar refractivity (Wildman–Crippen MR) is 139 cm³/mol. The molecule has 0 saturated carbocycles. The molecule has 8 heteroatoms. The Hall–Kier alpha value is -2.38. The first-order valence-corrected chi connectivity index (χ1v) is 12.4. The average Bonchev–Trinajstić information content (AvgIpc) is 3.33. The van der Waals surface area contributed by atoms with Gasteiger partial charge in [-0.3, -0.25) is 4.79 Å². The van der Waals surface area contributed by atoms with Crippen LogP contribution in [-0.2, 0) is 13.0 Å². The molecule has 1 N–H and O–H groups in total. The van der Waals surface area contributed by atoms with Gasteiger partial charge in [0.05, 0.1) is 5.69 Å². The van der Waals surface area contributed by atoms with E-state index in [0.717, 1.165) is 74.4 Å². The molecule has 7 nitrogen and oxygen atoms in total. The minimum absolute atomic E-state index is 0. The zero-order chi connectivity index (χ0) is 22.9. The van der Waals surface area contributed by atoms with Gasteiger partial charge in [0.1, 0.15) is 11.6 Å². The highest BCUT2D eigenvalue weighted by atomic mass is 35.5. The van der Waals surface area contributed by atoms with Gasteiger partial charge in [-0.2, -0.15) is 0 Å². The van der Waals surface area contributed by atoms with Crippen molar-refractivity contribution in [2.45, 2.75) is 45.1 Å². The van der Waals surface area contributed by atoms with Crippen molar-refractivity contribution >= 4 is 29.8 Å². The molecule has 1 unspecified atom stereocenters. The van der Waals surface area contributed by atoms with Crippen LogP contribution >= 0.6 is 12.4 Å². The number of amides is 1. The van der Waals surface area contributed by atoms with Gasteiger partial charge in [-0.1, -0.05) is 6.92 Å². The van der Waals surface area contributed by atoms with Crippen LogP contribution in [0.4, 0.5) is 11.5 Å². The molecule has 2 saturated heterocycles. The van der Waals surface area contributed by atoms with Crippen molar-refractivity contribution in [2.75, 3.05) is 57.0 Å². The number of benzene rings is 1. The van der Waals surface area contributed by atoms with E-state index in [0.29, 0.717) is 6.54 Å². The Balaban J connectivity index is 0.00000274. The summed E-state index contributed by atoms with van der Waals surface area (Å²) in [4.78, 5) is 29.7. The molecule has 1 amide bonds. The molecule has 3 aliphatic heterocycles. The minimum atomic E-state index is 0. The number of rotatable bonds is 4. The molecule has 0 spiro atoms. The molecule has 184 valence electrons. The highest BCUT2D eigenvalue weighted by molar-refractivity contribution is 5.94. The van der Waals surface area contributed by atoms with Crippen molar-refractivity contribution in [3.8, 4) is 0 Å². The molecule has 0 bridgehead atoms. The maximum Gasteiger partial charge on any atom is 0.253 e. The third-order valence-corrected chi connectivity index (χ3v) is 7.61. The number of likely N-dealkylation sites (tertiary alicyclic amines) is 1. The summed E-state index contributed by atoms with van der Waals surface area (Å²) in [7, 11) is 4.07. The lowest BCUT2D eigenvalue weighted by Gasteiger charge is -2.32. The summed E-state index contributed by atoms with van der Waals surface area (Å²) in [5, 5.41) is 3.27. The topological polar surface area (TPSA) is 64.6 Å². The maximum absolute atomic E-state index is 13.2. The zero-order valence-electron chi connectivity index (χ0n) is 20.6. The van der Waals surface area contributed by atoms with Crippen LogP contribution < -0.4 is 10.2 Å². The fraction of sp³-hybridized carbons (Fsp3) is 0.577. The molecule has 1 aromatic heterocycles. The number of carbonyl (C=O) groups excluding carboxylic acids is 1. The van der Waals surface area contributed by atoms with E-state index in [2.05, 4.69) is 41.2 Å². The summed E-state index contributed by atoms with van der Waals surface area (Å²) < 4.78 is 0. The van der Waals surface area contributed by atoms with Crippen molar-refractivity contribution in [3.63, 3.8) is 0 Å². The standard InChI is InChI=1S/C26H36N6O.ClH/c1-18-8-13-31(14-9-18)21-6-4-19(5-7-21)26(33)32-15-10-20(16-32)24-28-23-17-30(3)12-11-22(23)25(27-2)29-24;/h4-7,18,20H,8-17H2,1-3H3,(H,27,28,29);1H. The highest BCUT2D eigenvalue weighted by Crippen LogP contribution is 2.31. The van der Waals surface area contributed by atoms with Crippen LogP contribution in [0.3, 0.4) is 0 Å². The largest absolute Gasteiger partial charge is 0.373 e. The van der Waals surface area contributed by atoms with E-state index in [1.54, 1.807) is 0 Å². The van der Waals surface area contributed by atoms with Gasteiger partial charge in [0, 0.05) is 69.0 Å². The summed E-state index contributed by atoms with van der Waals surface area (Å²) in [6.07, 6.45) is 4.37. The maximum atomic E-state index is 13.2. The van der Waals surface area contributed by atoms with Gasteiger partial charge in [0.2, 0.25) is 0 Å². The van der Waals surface area contributed by atoms with E-state index in [1.807, 2.05) is 24.1 Å². The van der Waals surface area contributed by atoms with Gasteiger partial charge < -0.3 is 20.0 Å². The molecule has 5 rings (SSSR count). The molecule has 0 radical (unpaired) electrons. The van der Waals surface area contributed by atoms with Crippen LogP contribution in [-0.4, -0.2) is 72.5 Å². The molecule has 1 atom stereocenters. The van der Waals surface area contributed by atoms with Crippen molar-refractivity contribution < 1.29 is 4.79 Å². The number of carbonyl (C=O) groups is 1. The van der Waals surface area contributed by atoms with Gasteiger partial charge in [0.25, 0.3) is 5.91 Å². The fourth-order valence-corrected chi connectivity index (χ4v) is 5.39. The number of halogens is 1. The zero-order valence-corrected chi connectivity index (χ0v) is 21.4. The lowest BCUT2D eigenvalue weighted by molar-refractivity contribution is 0.0790. The van der Waals surface area contributed by atoms with Gasteiger partial charge in [-0.05, 0) is 62.9 Å². The molecule has 3 aliphatic rings. The Bertz CT molecular complexity index is 1010. The van der Waals surface area contributed by atoms with Crippen LogP contribution in [0.25, 0.3) is 0 Å². The van der Waals surface area contributed by atoms with Crippen LogP contribution in [0, 0.1) is 5.92 Å². The quantitative estimate of drug-likeness (QED) is 0.712. The van der Waals surface area contributed by atoms with Crippen LogP contribution in [0.15, 0.2) is 24.3 Å². The smallest absolute Gasteiger partial charge is 0.253 e. The molecule has 0 aliphatic carbocycles. The third kappa shape index (κ3) is 5.01. The number of aromatic nitrogens is 2. The van der Waals surface area contributed by atoms with Crippen LogP contribution in [0.2, 0.25) is 0 Å². The van der Waals surface area contributed by atoms with Crippen LogP contribution in [0.1, 0.15) is 59.5 Å². The number of hydrogen-bond acceptors (Lipinski definition) is 6. The lowest BCUT2D eigenvalue weighted by Crippen LogP contribution is -2.33. The summed E-state index contributed by atoms with van der Waals surface area (Å²) in [6, 6.07) is 8.21. The van der Waals surface area contributed by atoms with E-state index in [-0.39, 0.29) is 24.2 Å². The molecule has 1 aromatic carbocycles. The summed E-state index contributed by atoms with van der Waals surface area (Å²) >= 11 is 0. The highest BCUT2D eigenvalue weighted by Gasteiger charge is 2.31. The van der Waals surface area contributed by atoms with Crippen molar-refractivity contribution in [1.29, 1.82) is 0 Å².